The average molecular weight is 456 g/mol. The molecule has 1 N–H and O–H groups in total. The van der Waals surface area contributed by atoms with Crippen LogP contribution in [0.15, 0.2) is 54.6 Å². The number of aliphatic hydroxyl groups is 1. The summed E-state index contributed by atoms with van der Waals surface area (Å²) >= 11 is 6.02. The largest absolute Gasteiger partial charge is 0.426 e. The number of amides is 1. The van der Waals surface area contributed by atoms with Crippen LogP contribution in [-0.2, 0) is 15.2 Å². The maximum atomic E-state index is 13.5. The van der Waals surface area contributed by atoms with Crippen molar-refractivity contribution in [1.82, 2.24) is 4.90 Å². The van der Waals surface area contributed by atoms with Crippen LogP contribution in [-0.4, -0.2) is 35.0 Å². The monoisotopic (exact) mass is 455 g/mol. The van der Waals surface area contributed by atoms with Crippen molar-refractivity contribution in [3.05, 3.63) is 65.2 Å². The van der Waals surface area contributed by atoms with Crippen LogP contribution in [0.5, 0.6) is 5.75 Å². The summed E-state index contributed by atoms with van der Waals surface area (Å²) in [5.41, 5.74) is -0.813. The summed E-state index contributed by atoms with van der Waals surface area (Å²) < 4.78 is 5.55. The molecule has 32 heavy (non-hydrogen) atoms. The Kier molecular flexibility index (Phi) is 6.33. The van der Waals surface area contributed by atoms with Crippen molar-refractivity contribution in [2.75, 3.05) is 13.1 Å². The lowest BCUT2D eigenvalue weighted by molar-refractivity contribution is -0.160. The highest BCUT2D eigenvalue weighted by Crippen LogP contribution is 2.47. The van der Waals surface area contributed by atoms with E-state index in [1.54, 1.807) is 24.3 Å². The summed E-state index contributed by atoms with van der Waals surface area (Å²) in [5.74, 6) is -0.640. The number of nitrogens with zero attached hydrogens (tertiary/aromatic N) is 1. The predicted molar refractivity (Wildman–Crippen MR) is 123 cm³/mol. The number of rotatable bonds is 4. The molecule has 2 fully saturated rings. The molecule has 2 aromatic rings. The van der Waals surface area contributed by atoms with Crippen LogP contribution < -0.4 is 4.74 Å². The Morgan fingerprint density at radius 3 is 2.34 bits per heavy atom. The number of esters is 1. The lowest BCUT2D eigenvalue weighted by Crippen LogP contribution is -2.57. The van der Waals surface area contributed by atoms with Gasteiger partial charge in [0.2, 0.25) is 5.91 Å². The molecule has 6 heteroatoms. The summed E-state index contributed by atoms with van der Waals surface area (Å²) in [7, 11) is 0. The second-order valence-corrected chi connectivity index (χ2v) is 10.1. The Morgan fingerprint density at radius 2 is 1.69 bits per heavy atom. The van der Waals surface area contributed by atoms with E-state index in [1.165, 1.54) is 0 Å². The van der Waals surface area contributed by atoms with Gasteiger partial charge in [-0.2, -0.15) is 0 Å². The number of para-hydroxylation sites is 1. The Labute approximate surface area is 194 Å². The van der Waals surface area contributed by atoms with Crippen molar-refractivity contribution >= 4 is 23.5 Å². The third-order valence-corrected chi connectivity index (χ3v) is 7.43. The van der Waals surface area contributed by atoms with Crippen LogP contribution in [0.25, 0.3) is 0 Å². The van der Waals surface area contributed by atoms with Gasteiger partial charge in [-0.25, -0.2) is 0 Å². The molecule has 2 aromatic carbocycles. The van der Waals surface area contributed by atoms with Crippen molar-refractivity contribution in [3.63, 3.8) is 0 Å². The van der Waals surface area contributed by atoms with Gasteiger partial charge in [-0.1, -0.05) is 62.2 Å². The van der Waals surface area contributed by atoms with Gasteiger partial charge in [0.1, 0.15) is 5.75 Å². The smallest absolute Gasteiger partial charge is 0.315 e. The average Bonchev–Trinajstić information content (AvgIpc) is 3.26. The highest BCUT2D eigenvalue weighted by atomic mass is 35.5. The first kappa shape index (κ1) is 22.8. The van der Waals surface area contributed by atoms with Gasteiger partial charge in [0.15, 0.2) is 0 Å². The van der Waals surface area contributed by atoms with Crippen LogP contribution in [0.2, 0.25) is 5.02 Å². The topological polar surface area (TPSA) is 66.8 Å². The standard InChI is InChI=1S/C26H30ClNO4/c1-25(2)17-28(16-15-26(25,31)18-11-13-19(27)14-12-18)23(29)21-9-6-10-22(21)24(30)32-20-7-4-3-5-8-20/h3-5,7-8,11-14,21-22,31H,6,9-10,15-17H2,1-2H3/t21-,22+,26-/m0/s1. The van der Waals surface area contributed by atoms with Gasteiger partial charge in [-0.3, -0.25) is 9.59 Å². The molecule has 0 bridgehead atoms. The second kappa shape index (κ2) is 8.87. The highest BCUT2D eigenvalue weighted by molar-refractivity contribution is 6.30. The molecule has 4 rings (SSSR count). The van der Waals surface area contributed by atoms with E-state index < -0.39 is 16.9 Å². The van der Waals surface area contributed by atoms with Crippen LogP contribution in [0.4, 0.5) is 0 Å². The van der Waals surface area contributed by atoms with Crippen molar-refractivity contribution in [2.24, 2.45) is 17.3 Å². The number of halogens is 1. The van der Waals surface area contributed by atoms with Crippen molar-refractivity contribution in [2.45, 2.75) is 45.1 Å². The molecule has 1 heterocycles. The highest BCUT2D eigenvalue weighted by Gasteiger charge is 2.51. The molecule has 1 aliphatic heterocycles. The number of benzene rings is 2. The fourth-order valence-electron chi connectivity index (χ4n) is 5.22. The first-order valence-electron chi connectivity index (χ1n) is 11.3. The number of ether oxygens (including phenoxy) is 1. The van der Waals surface area contributed by atoms with Crippen LogP contribution in [0.1, 0.15) is 45.1 Å². The minimum atomic E-state index is -1.06. The number of hydrogen-bond donors (Lipinski definition) is 1. The minimum absolute atomic E-state index is 0.0104. The van der Waals surface area contributed by atoms with Gasteiger partial charge < -0.3 is 14.7 Å². The summed E-state index contributed by atoms with van der Waals surface area (Å²) in [5, 5.41) is 12.2. The van der Waals surface area contributed by atoms with E-state index in [9.17, 15) is 14.7 Å². The fraction of sp³-hybridized carbons (Fsp3) is 0.462. The zero-order valence-electron chi connectivity index (χ0n) is 18.6. The van der Waals surface area contributed by atoms with E-state index in [2.05, 4.69) is 0 Å². The number of carbonyl (C=O) groups excluding carboxylic acids is 2. The van der Waals surface area contributed by atoms with E-state index in [1.807, 2.05) is 49.1 Å². The van der Waals surface area contributed by atoms with Crippen LogP contribution >= 0.6 is 11.6 Å². The molecule has 0 unspecified atom stereocenters. The number of carbonyl (C=O) groups is 2. The van der Waals surface area contributed by atoms with E-state index >= 15 is 0 Å². The van der Waals surface area contributed by atoms with E-state index in [0.717, 1.165) is 12.0 Å². The first-order chi connectivity index (χ1) is 15.2. The van der Waals surface area contributed by atoms with Crippen molar-refractivity contribution < 1.29 is 19.4 Å². The van der Waals surface area contributed by atoms with Gasteiger partial charge >= 0.3 is 5.97 Å². The Bertz CT molecular complexity index is 975. The molecule has 5 nitrogen and oxygen atoms in total. The minimum Gasteiger partial charge on any atom is -0.426 e. The molecule has 0 spiro atoms. The quantitative estimate of drug-likeness (QED) is 0.530. The zero-order chi connectivity index (χ0) is 22.9. The Morgan fingerprint density at radius 1 is 1.03 bits per heavy atom. The van der Waals surface area contributed by atoms with Crippen LogP contribution in [0, 0.1) is 17.3 Å². The van der Waals surface area contributed by atoms with E-state index in [-0.39, 0.29) is 17.8 Å². The molecule has 1 saturated heterocycles. The van der Waals surface area contributed by atoms with E-state index in [0.29, 0.717) is 43.1 Å². The molecule has 0 radical (unpaired) electrons. The van der Waals surface area contributed by atoms with Gasteiger partial charge in [-0.15, -0.1) is 0 Å². The molecule has 1 amide bonds. The fourth-order valence-corrected chi connectivity index (χ4v) is 5.35. The number of likely N-dealkylation sites (tertiary alicyclic amines) is 1. The lowest BCUT2D eigenvalue weighted by Gasteiger charge is -2.51. The Hall–Kier alpha value is -2.37. The molecule has 170 valence electrons. The molecule has 3 atom stereocenters. The third-order valence-electron chi connectivity index (χ3n) is 7.18. The summed E-state index contributed by atoms with van der Waals surface area (Å²) in [6.07, 6.45) is 2.61. The number of hydrogen-bond acceptors (Lipinski definition) is 4. The number of piperidine rings is 1. The van der Waals surface area contributed by atoms with Gasteiger partial charge in [0.05, 0.1) is 17.4 Å². The van der Waals surface area contributed by atoms with Gasteiger partial charge in [0.25, 0.3) is 0 Å². The SMILES string of the molecule is CC1(C)CN(C(=O)[C@H]2CCC[C@H]2C(=O)Oc2ccccc2)CC[C@]1(O)c1ccc(Cl)cc1. The summed E-state index contributed by atoms with van der Waals surface area (Å²) in [4.78, 5) is 28.1. The first-order valence-corrected chi connectivity index (χ1v) is 11.6. The summed E-state index contributed by atoms with van der Waals surface area (Å²) in [6, 6.07) is 16.3. The maximum absolute atomic E-state index is 13.5. The van der Waals surface area contributed by atoms with Gasteiger partial charge in [0, 0.05) is 23.5 Å². The molecular formula is C26H30ClNO4. The van der Waals surface area contributed by atoms with Crippen LogP contribution in [0.3, 0.4) is 0 Å². The zero-order valence-corrected chi connectivity index (χ0v) is 19.3. The van der Waals surface area contributed by atoms with Crippen molar-refractivity contribution in [1.29, 1.82) is 0 Å². The molecule has 1 aliphatic carbocycles. The van der Waals surface area contributed by atoms with E-state index in [4.69, 9.17) is 16.3 Å². The summed E-state index contributed by atoms with van der Waals surface area (Å²) in [6.45, 7) is 4.83. The van der Waals surface area contributed by atoms with Crippen molar-refractivity contribution in [3.8, 4) is 5.75 Å². The maximum Gasteiger partial charge on any atom is 0.315 e. The van der Waals surface area contributed by atoms with Gasteiger partial charge in [-0.05, 0) is 49.1 Å². The second-order valence-electron chi connectivity index (χ2n) is 9.64. The molecule has 0 aromatic heterocycles. The predicted octanol–water partition coefficient (Wildman–Crippen LogP) is 4.81. The lowest BCUT2D eigenvalue weighted by atomic mass is 9.66. The Balaban J connectivity index is 1.46. The molecular weight excluding hydrogens is 426 g/mol. The normalized spacial score (nSPS) is 27.2. The molecule has 2 aliphatic rings. The third kappa shape index (κ3) is 4.28. The molecule has 1 saturated carbocycles.